The van der Waals surface area contributed by atoms with Gasteiger partial charge in [-0.05, 0) is 38.8 Å². The van der Waals surface area contributed by atoms with Gasteiger partial charge in [-0.2, -0.15) is 0 Å². The SMILES string of the molecule is COc1ccc(C(=O)NN2C(C)CCCC2C)cc1[N+](=O)[O-]. The molecule has 1 aliphatic rings. The van der Waals surface area contributed by atoms with Crippen LogP contribution in [0.15, 0.2) is 18.2 Å². The first-order valence-electron chi connectivity index (χ1n) is 7.35. The van der Waals surface area contributed by atoms with Gasteiger partial charge in [-0.3, -0.25) is 20.3 Å². The smallest absolute Gasteiger partial charge is 0.311 e. The molecule has 120 valence electrons. The zero-order chi connectivity index (χ0) is 16.3. The number of nitro groups is 1. The fraction of sp³-hybridized carbons (Fsp3) is 0.533. The van der Waals surface area contributed by atoms with Crippen molar-refractivity contribution in [2.45, 2.75) is 45.2 Å². The minimum atomic E-state index is -0.554. The zero-order valence-electron chi connectivity index (χ0n) is 13.0. The maximum absolute atomic E-state index is 12.4. The minimum absolute atomic E-state index is 0.140. The molecule has 0 spiro atoms. The fourth-order valence-electron chi connectivity index (χ4n) is 2.80. The normalized spacial score (nSPS) is 22.1. The van der Waals surface area contributed by atoms with Gasteiger partial charge in [-0.1, -0.05) is 6.42 Å². The van der Waals surface area contributed by atoms with E-state index in [0.717, 1.165) is 19.3 Å². The molecular weight excluding hydrogens is 286 g/mol. The lowest BCUT2D eigenvalue weighted by Crippen LogP contribution is -2.54. The van der Waals surface area contributed by atoms with Crippen molar-refractivity contribution in [1.29, 1.82) is 0 Å². The second kappa shape index (κ2) is 6.74. The summed E-state index contributed by atoms with van der Waals surface area (Å²) in [4.78, 5) is 22.8. The summed E-state index contributed by atoms with van der Waals surface area (Å²) in [5, 5.41) is 13.0. The minimum Gasteiger partial charge on any atom is -0.490 e. The van der Waals surface area contributed by atoms with Crippen LogP contribution in [0, 0.1) is 10.1 Å². The number of ether oxygens (including phenoxy) is 1. The average Bonchev–Trinajstić information content (AvgIpc) is 2.50. The van der Waals surface area contributed by atoms with Gasteiger partial charge in [-0.15, -0.1) is 0 Å². The van der Waals surface area contributed by atoms with Crippen molar-refractivity contribution in [2.75, 3.05) is 7.11 Å². The lowest BCUT2D eigenvalue weighted by atomic mass is 10.00. The van der Waals surface area contributed by atoms with Crippen molar-refractivity contribution in [3.05, 3.63) is 33.9 Å². The number of piperidine rings is 1. The number of carbonyl (C=O) groups is 1. The second-order valence-corrected chi connectivity index (χ2v) is 5.62. The Bertz CT molecular complexity index is 566. The Kier molecular flexibility index (Phi) is 4.97. The number of nitrogens with zero attached hydrogens (tertiary/aromatic N) is 2. The van der Waals surface area contributed by atoms with Crippen LogP contribution in [0.5, 0.6) is 5.75 Å². The highest BCUT2D eigenvalue weighted by Gasteiger charge is 2.27. The maximum Gasteiger partial charge on any atom is 0.311 e. The summed E-state index contributed by atoms with van der Waals surface area (Å²) in [7, 11) is 1.36. The van der Waals surface area contributed by atoms with Crippen molar-refractivity contribution in [2.24, 2.45) is 0 Å². The molecule has 1 fully saturated rings. The van der Waals surface area contributed by atoms with Crippen molar-refractivity contribution >= 4 is 11.6 Å². The molecule has 1 saturated heterocycles. The van der Waals surface area contributed by atoms with Crippen molar-refractivity contribution in [1.82, 2.24) is 10.4 Å². The number of methoxy groups -OCH3 is 1. The van der Waals surface area contributed by atoms with Crippen LogP contribution in [0.1, 0.15) is 43.5 Å². The molecule has 2 rings (SSSR count). The molecule has 1 aromatic carbocycles. The zero-order valence-corrected chi connectivity index (χ0v) is 13.0. The Morgan fingerprint density at radius 2 is 2.00 bits per heavy atom. The molecule has 7 heteroatoms. The number of nitrogens with one attached hydrogen (secondary N) is 1. The van der Waals surface area contributed by atoms with E-state index < -0.39 is 4.92 Å². The van der Waals surface area contributed by atoms with E-state index in [-0.39, 0.29) is 35.0 Å². The Morgan fingerprint density at radius 3 is 2.55 bits per heavy atom. The third-order valence-electron chi connectivity index (χ3n) is 4.06. The average molecular weight is 307 g/mol. The van der Waals surface area contributed by atoms with Crippen LogP contribution in [0.25, 0.3) is 0 Å². The number of rotatable bonds is 4. The number of hydrazine groups is 1. The quantitative estimate of drug-likeness (QED) is 0.682. The van der Waals surface area contributed by atoms with E-state index >= 15 is 0 Å². The highest BCUT2D eigenvalue weighted by atomic mass is 16.6. The van der Waals surface area contributed by atoms with E-state index in [4.69, 9.17) is 4.74 Å². The van der Waals surface area contributed by atoms with Crippen LogP contribution in [0.2, 0.25) is 0 Å². The molecule has 1 heterocycles. The highest BCUT2D eigenvalue weighted by molar-refractivity contribution is 5.94. The largest absolute Gasteiger partial charge is 0.490 e. The van der Waals surface area contributed by atoms with E-state index in [1.165, 1.54) is 25.3 Å². The standard InChI is InChI=1S/C15H21N3O4/c1-10-5-4-6-11(2)17(10)16-15(19)12-7-8-14(22-3)13(9-12)18(20)21/h7-11H,4-6H2,1-3H3,(H,16,19). The van der Waals surface area contributed by atoms with Crippen molar-refractivity contribution in [3.63, 3.8) is 0 Å². The Balaban J connectivity index is 2.19. The summed E-state index contributed by atoms with van der Waals surface area (Å²) in [5.41, 5.74) is 2.90. The fourth-order valence-corrected chi connectivity index (χ4v) is 2.80. The Labute approximate surface area is 129 Å². The molecule has 2 atom stereocenters. The van der Waals surface area contributed by atoms with Gasteiger partial charge in [0.2, 0.25) is 0 Å². The topological polar surface area (TPSA) is 84.7 Å². The second-order valence-electron chi connectivity index (χ2n) is 5.62. The number of carbonyl (C=O) groups excluding carboxylic acids is 1. The number of hydrogen-bond donors (Lipinski definition) is 1. The van der Waals surface area contributed by atoms with E-state index in [1.807, 2.05) is 5.01 Å². The molecular formula is C15H21N3O4. The highest BCUT2D eigenvalue weighted by Crippen LogP contribution is 2.28. The molecule has 7 nitrogen and oxygen atoms in total. The van der Waals surface area contributed by atoms with Crippen LogP contribution < -0.4 is 10.2 Å². The first kappa shape index (κ1) is 16.2. The molecule has 1 amide bonds. The van der Waals surface area contributed by atoms with E-state index in [9.17, 15) is 14.9 Å². The molecule has 0 aliphatic carbocycles. The Morgan fingerprint density at radius 1 is 1.36 bits per heavy atom. The molecule has 1 aromatic rings. The van der Waals surface area contributed by atoms with Gasteiger partial charge in [0.15, 0.2) is 5.75 Å². The van der Waals surface area contributed by atoms with Crippen LogP contribution in [-0.4, -0.2) is 35.0 Å². The summed E-state index contributed by atoms with van der Waals surface area (Å²) in [6.07, 6.45) is 3.18. The van der Waals surface area contributed by atoms with E-state index in [2.05, 4.69) is 19.3 Å². The van der Waals surface area contributed by atoms with Gasteiger partial charge in [0, 0.05) is 23.7 Å². The lowest BCUT2D eigenvalue weighted by molar-refractivity contribution is -0.385. The first-order valence-corrected chi connectivity index (χ1v) is 7.35. The van der Waals surface area contributed by atoms with Crippen LogP contribution in [-0.2, 0) is 0 Å². The summed E-state index contributed by atoms with van der Waals surface area (Å²) < 4.78 is 4.94. The monoisotopic (exact) mass is 307 g/mol. The first-order chi connectivity index (χ1) is 10.4. The molecule has 0 saturated carbocycles. The van der Waals surface area contributed by atoms with Crippen molar-refractivity contribution < 1.29 is 14.5 Å². The molecule has 0 bridgehead atoms. The summed E-state index contributed by atoms with van der Waals surface area (Å²) >= 11 is 0. The van der Waals surface area contributed by atoms with Crippen LogP contribution in [0.4, 0.5) is 5.69 Å². The van der Waals surface area contributed by atoms with Gasteiger partial charge < -0.3 is 4.74 Å². The summed E-state index contributed by atoms with van der Waals surface area (Å²) in [5.74, 6) is -0.201. The lowest BCUT2D eigenvalue weighted by Gasteiger charge is -2.38. The molecule has 0 aromatic heterocycles. The van der Waals surface area contributed by atoms with Crippen LogP contribution in [0.3, 0.4) is 0 Å². The van der Waals surface area contributed by atoms with Gasteiger partial charge in [0.25, 0.3) is 5.91 Å². The van der Waals surface area contributed by atoms with Gasteiger partial charge in [0.05, 0.1) is 12.0 Å². The number of benzene rings is 1. The molecule has 1 aliphatic heterocycles. The van der Waals surface area contributed by atoms with E-state index in [0.29, 0.717) is 0 Å². The van der Waals surface area contributed by atoms with Crippen LogP contribution >= 0.6 is 0 Å². The third-order valence-corrected chi connectivity index (χ3v) is 4.06. The number of nitro benzene ring substituents is 1. The molecule has 2 unspecified atom stereocenters. The number of amides is 1. The third kappa shape index (κ3) is 3.36. The van der Waals surface area contributed by atoms with Crippen molar-refractivity contribution in [3.8, 4) is 5.75 Å². The van der Waals surface area contributed by atoms with Gasteiger partial charge in [0.1, 0.15) is 0 Å². The molecule has 0 radical (unpaired) electrons. The van der Waals surface area contributed by atoms with Gasteiger partial charge >= 0.3 is 5.69 Å². The molecule has 1 N–H and O–H groups in total. The van der Waals surface area contributed by atoms with E-state index in [1.54, 1.807) is 0 Å². The summed E-state index contributed by atoms with van der Waals surface area (Å²) in [6, 6.07) is 4.71. The molecule has 22 heavy (non-hydrogen) atoms. The maximum atomic E-state index is 12.4. The predicted octanol–water partition coefficient (Wildman–Crippen LogP) is 2.51. The summed E-state index contributed by atoms with van der Waals surface area (Å²) in [6.45, 7) is 4.12. The number of hydrogen-bond acceptors (Lipinski definition) is 5. The predicted molar refractivity (Wildman–Crippen MR) is 81.7 cm³/mol. The Hall–Kier alpha value is -2.15. The van der Waals surface area contributed by atoms with Gasteiger partial charge in [-0.25, -0.2) is 5.01 Å².